The van der Waals surface area contributed by atoms with Crippen LogP contribution in [0.5, 0.6) is 5.75 Å². The zero-order chi connectivity index (χ0) is 13.4. The van der Waals surface area contributed by atoms with E-state index in [2.05, 4.69) is 31.1 Å². The summed E-state index contributed by atoms with van der Waals surface area (Å²) in [4.78, 5) is 3.98. The maximum Gasteiger partial charge on any atom is 0.180 e. The lowest BCUT2D eigenvalue weighted by Gasteiger charge is -2.06. The Hall–Kier alpha value is -1.66. The van der Waals surface area contributed by atoms with Gasteiger partial charge in [-0.2, -0.15) is 0 Å². The van der Waals surface area contributed by atoms with Gasteiger partial charge < -0.3 is 4.74 Å². The van der Waals surface area contributed by atoms with Gasteiger partial charge in [0.15, 0.2) is 11.5 Å². The molecular weight excluding hydrogens is 332 g/mol. The van der Waals surface area contributed by atoms with E-state index in [1.165, 1.54) is 0 Å². The Morgan fingerprint density at radius 1 is 1.26 bits per heavy atom. The second kappa shape index (κ2) is 4.79. The monoisotopic (exact) mass is 338 g/mol. The van der Waals surface area contributed by atoms with Crippen LogP contribution in [0.2, 0.25) is 5.15 Å². The summed E-state index contributed by atoms with van der Waals surface area (Å²) in [5.74, 6) is 1.41. The second-order valence-electron chi connectivity index (χ2n) is 3.80. The summed E-state index contributed by atoms with van der Waals surface area (Å²) in [6.07, 6.45) is 3.17. The Kier molecular flexibility index (Phi) is 3.12. The Morgan fingerprint density at radius 2 is 2.11 bits per heavy atom. The van der Waals surface area contributed by atoms with E-state index >= 15 is 0 Å². The molecule has 3 aromatic rings. The van der Waals surface area contributed by atoms with E-state index in [0.29, 0.717) is 16.6 Å². The zero-order valence-electron chi connectivity index (χ0n) is 9.84. The van der Waals surface area contributed by atoms with Gasteiger partial charge in [0.2, 0.25) is 0 Å². The van der Waals surface area contributed by atoms with Crippen molar-refractivity contribution in [2.75, 3.05) is 7.11 Å². The molecule has 0 aliphatic heterocycles. The molecule has 1 aromatic carbocycles. The molecule has 0 spiro atoms. The average molecular weight is 340 g/mol. The van der Waals surface area contributed by atoms with Crippen molar-refractivity contribution >= 4 is 33.2 Å². The van der Waals surface area contributed by atoms with Crippen molar-refractivity contribution in [3.05, 3.63) is 40.2 Å². The SMILES string of the molecule is COc1ccc(-c2nnc3cncc(Cl)n23)cc1Br. The zero-order valence-corrected chi connectivity index (χ0v) is 12.2. The topological polar surface area (TPSA) is 52.3 Å². The van der Waals surface area contributed by atoms with Gasteiger partial charge in [-0.25, -0.2) is 0 Å². The molecule has 0 amide bonds. The van der Waals surface area contributed by atoms with Crippen molar-refractivity contribution < 1.29 is 4.74 Å². The molecule has 0 aliphatic carbocycles. The van der Waals surface area contributed by atoms with Crippen molar-refractivity contribution in [2.24, 2.45) is 0 Å². The molecule has 0 atom stereocenters. The van der Waals surface area contributed by atoms with Gasteiger partial charge in [0.25, 0.3) is 0 Å². The van der Waals surface area contributed by atoms with Crippen LogP contribution in [0.4, 0.5) is 0 Å². The van der Waals surface area contributed by atoms with Crippen LogP contribution in [0.3, 0.4) is 0 Å². The molecule has 2 heterocycles. The molecule has 3 rings (SSSR count). The summed E-state index contributed by atoms with van der Waals surface area (Å²) < 4.78 is 7.78. The first-order valence-corrected chi connectivity index (χ1v) is 6.56. The molecule has 0 saturated carbocycles. The second-order valence-corrected chi connectivity index (χ2v) is 5.04. The van der Waals surface area contributed by atoms with E-state index in [9.17, 15) is 0 Å². The molecule has 0 unspecified atom stereocenters. The van der Waals surface area contributed by atoms with Crippen LogP contribution in [0.15, 0.2) is 35.1 Å². The highest BCUT2D eigenvalue weighted by atomic mass is 79.9. The maximum absolute atomic E-state index is 6.14. The van der Waals surface area contributed by atoms with E-state index in [4.69, 9.17) is 16.3 Å². The van der Waals surface area contributed by atoms with E-state index in [0.717, 1.165) is 15.8 Å². The van der Waals surface area contributed by atoms with Gasteiger partial charge in [-0.1, -0.05) is 11.6 Å². The first kappa shape index (κ1) is 12.4. The highest BCUT2D eigenvalue weighted by Gasteiger charge is 2.12. The summed E-state index contributed by atoms with van der Waals surface area (Å²) in [5, 5.41) is 8.66. The van der Waals surface area contributed by atoms with Gasteiger partial charge in [0.1, 0.15) is 10.9 Å². The minimum Gasteiger partial charge on any atom is -0.496 e. The standard InChI is InChI=1S/C12H8BrClN4O/c1-19-9-3-2-7(4-8(9)13)12-17-16-11-6-15-5-10(14)18(11)12/h2-6H,1H3. The lowest BCUT2D eigenvalue weighted by Crippen LogP contribution is -1.93. The minimum absolute atomic E-state index is 0.462. The first-order chi connectivity index (χ1) is 9.20. The molecule has 0 saturated heterocycles. The number of nitrogens with zero attached hydrogens (tertiary/aromatic N) is 4. The van der Waals surface area contributed by atoms with Gasteiger partial charge in [0, 0.05) is 5.56 Å². The number of aromatic nitrogens is 4. The quantitative estimate of drug-likeness (QED) is 0.719. The molecule has 19 heavy (non-hydrogen) atoms. The molecule has 7 heteroatoms. The lowest BCUT2D eigenvalue weighted by atomic mass is 10.2. The van der Waals surface area contributed by atoms with Crippen LogP contribution in [-0.2, 0) is 0 Å². The molecule has 2 aromatic heterocycles. The fraction of sp³-hybridized carbons (Fsp3) is 0.0833. The van der Waals surface area contributed by atoms with E-state index < -0.39 is 0 Å². The predicted octanol–water partition coefficient (Wildman–Crippen LogP) is 3.22. The van der Waals surface area contributed by atoms with Crippen molar-refractivity contribution in [3.63, 3.8) is 0 Å². The van der Waals surface area contributed by atoms with Crippen molar-refractivity contribution in [2.45, 2.75) is 0 Å². The van der Waals surface area contributed by atoms with E-state index in [-0.39, 0.29) is 0 Å². The summed E-state index contributed by atoms with van der Waals surface area (Å²) in [6.45, 7) is 0. The molecule has 0 bridgehead atoms. The Morgan fingerprint density at radius 3 is 2.84 bits per heavy atom. The van der Waals surface area contributed by atoms with Crippen molar-refractivity contribution in [1.82, 2.24) is 19.6 Å². The molecule has 0 radical (unpaired) electrons. The van der Waals surface area contributed by atoms with Crippen molar-refractivity contribution in [1.29, 1.82) is 0 Å². The fourth-order valence-corrected chi connectivity index (χ4v) is 2.57. The van der Waals surface area contributed by atoms with Crippen LogP contribution in [-0.4, -0.2) is 26.7 Å². The summed E-state index contributed by atoms with van der Waals surface area (Å²) in [7, 11) is 1.62. The third-order valence-electron chi connectivity index (χ3n) is 2.68. The summed E-state index contributed by atoms with van der Waals surface area (Å²) in [5.41, 5.74) is 1.49. The highest BCUT2D eigenvalue weighted by molar-refractivity contribution is 9.10. The van der Waals surface area contributed by atoms with Crippen LogP contribution < -0.4 is 4.74 Å². The number of halogens is 2. The van der Waals surface area contributed by atoms with Crippen LogP contribution in [0.1, 0.15) is 0 Å². The van der Waals surface area contributed by atoms with Crippen LogP contribution >= 0.6 is 27.5 Å². The molecule has 0 aliphatic rings. The largest absolute Gasteiger partial charge is 0.496 e. The third kappa shape index (κ3) is 2.06. The van der Waals surface area contributed by atoms with Gasteiger partial charge in [0.05, 0.1) is 24.0 Å². The number of hydrogen-bond acceptors (Lipinski definition) is 4. The average Bonchev–Trinajstić information content (AvgIpc) is 2.84. The normalized spacial score (nSPS) is 10.9. The van der Waals surface area contributed by atoms with E-state index in [1.807, 2.05) is 18.2 Å². The first-order valence-electron chi connectivity index (χ1n) is 5.39. The fourth-order valence-electron chi connectivity index (χ4n) is 1.81. The smallest absolute Gasteiger partial charge is 0.180 e. The van der Waals surface area contributed by atoms with Crippen molar-refractivity contribution in [3.8, 4) is 17.1 Å². The Labute approximate surface area is 122 Å². The molecule has 0 N–H and O–H groups in total. The number of ether oxygens (including phenoxy) is 1. The number of fused-ring (bicyclic) bond motifs is 1. The number of rotatable bonds is 2. The van der Waals surface area contributed by atoms with Gasteiger partial charge >= 0.3 is 0 Å². The number of hydrogen-bond donors (Lipinski definition) is 0. The molecular formula is C12H8BrClN4O. The van der Waals surface area contributed by atoms with Crippen LogP contribution in [0.25, 0.3) is 17.0 Å². The van der Waals surface area contributed by atoms with Crippen LogP contribution in [0, 0.1) is 0 Å². The molecule has 96 valence electrons. The Bertz CT molecular complexity index is 759. The number of benzene rings is 1. The molecule has 0 fully saturated rings. The lowest BCUT2D eigenvalue weighted by molar-refractivity contribution is 0.412. The van der Waals surface area contributed by atoms with Gasteiger partial charge in [-0.15, -0.1) is 10.2 Å². The molecule has 5 nitrogen and oxygen atoms in total. The summed E-state index contributed by atoms with van der Waals surface area (Å²) >= 11 is 9.58. The number of methoxy groups -OCH3 is 1. The third-order valence-corrected chi connectivity index (χ3v) is 3.57. The highest BCUT2D eigenvalue weighted by Crippen LogP contribution is 2.30. The van der Waals surface area contributed by atoms with Gasteiger partial charge in [-0.05, 0) is 34.1 Å². The maximum atomic E-state index is 6.14. The Balaban J connectivity index is 2.22. The van der Waals surface area contributed by atoms with E-state index in [1.54, 1.807) is 23.9 Å². The van der Waals surface area contributed by atoms with Gasteiger partial charge in [-0.3, -0.25) is 9.38 Å². The minimum atomic E-state index is 0.462. The predicted molar refractivity (Wildman–Crippen MR) is 75.5 cm³/mol. The summed E-state index contributed by atoms with van der Waals surface area (Å²) in [6, 6.07) is 5.67.